The molecule has 0 amide bonds. The summed E-state index contributed by atoms with van der Waals surface area (Å²) in [7, 11) is 1.73. The van der Waals surface area contributed by atoms with E-state index in [9.17, 15) is 0 Å². The third kappa shape index (κ3) is 3.02. The van der Waals surface area contributed by atoms with Crippen molar-refractivity contribution in [2.45, 2.75) is 63.9 Å². The second-order valence-corrected chi connectivity index (χ2v) is 12.0. The van der Waals surface area contributed by atoms with Crippen LogP contribution >= 0.6 is 0 Å². The van der Waals surface area contributed by atoms with E-state index >= 15 is 0 Å². The SMILES string of the molecule is COc1ccc(C2=C[C@@]3(C)[C@@H](CCC34OCCO4)[C@@H]3CC=C4CC5(CC[C@]4(C)[C@@H]23)OCCO5)cc1. The molecule has 1 aromatic rings. The summed E-state index contributed by atoms with van der Waals surface area (Å²) in [4.78, 5) is 0. The summed E-state index contributed by atoms with van der Waals surface area (Å²) < 4.78 is 30.7. The van der Waals surface area contributed by atoms with Gasteiger partial charge in [-0.25, -0.2) is 0 Å². The van der Waals surface area contributed by atoms with Gasteiger partial charge in [-0.1, -0.05) is 43.7 Å². The maximum Gasteiger partial charge on any atom is 0.177 e. The molecular weight excluding hydrogens is 440 g/mol. The molecule has 5 heteroatoms. The molecule has 2 heterocycles. The Morgan fingerprint density at radius 1 is 0.886 bits per heavy atom. The highest BCUT2D eigenvalue weighted by Crippen LogP contribution is 2.69. The molecule has 4 fully saturated rings. The Hall–Kier alpha value is -1.66. The number of allylic oxidation sites excluding steroid dienone is 2. The van der Waals surface area contributed by atoms with Crippen molar-refractivity contribution < 1.29 is 23.7 Å². The molecule has 7 rings (SSSR count). The van der Waals surface area contributed by atoms with Gasteiger partial charge in [0.25, 0.3) is 0 Å². The van der Waals surface area contributed by atoms with Gasteiger partial charge in [0, 0.05) is 24.7 Å². The first-order valence-corrected chi connectivity index (χ1v) is 13.5. The van der Waals surface area contributed by atoms with Crippen molar-refractivity contribution in [1.29, 1.82) is 0 Å². The van der Waals surface area contributed by atoms with Crippen molar-refractivity contribution in [2.75, 3.05) is 33.5 Å². The van der Waals surface area contributed by atoms with E-state index in [0.29, 0.717) is 31.0 Å². The summed E-state index contributed by atoms with van der Waals surface area (Å²) in [5, 5.41) is 0. The fourth-order valence-corrected chi connectivity index (χ4v) is 8.89. The lowest BCUT2D eigenvalue weighted by Gasteiger charge is -2.59. The highest BCUT2D eigenvalue weighted by Gasteiger charge is 2.67. The molecule has 4 aliphatic carbocycles. The van der Waals surface area contributed by atoms with E-state index in [1.807, 2.05) is 0 Å². The summed E-state index contributed by atoms with van der Waals surface area (Å²) in [6.45, 7) is 7.77. The average molecular weight is 479 g/mol. The summed E-state index contributed by atoms with van der Waals surface area (Å²) in [6.07, 6.45) is 11.4. The van der Waals surface area contributed by atoms with E-state index in [0.717, 1.165) is 51.1 Å². The maximum atomic E-state index is 6.43. The Bertz CT molecular complexity index is 1060. The van der Waals surface area contributed by atoms with Gasteiger partial charge in [-0.3, -0.25) is 0 Å². The molecule has 35 heavy (non-hydrogen) atoms. The molecule has 2 saturated heterocycles. The molecule has 0 N–H and O–H groups in total. The second kappa shape index (κ2) is 7.67. The molecule has 0 aromatic heterocycles. The lowest BCUT2D eigenvalue weighted by atomic mass is 9.47. The number of hydrogen-bond acceptors (Lipinski definition) is 5. The molecule has 0 radical (unpaired) electrons. The molecule has 0 unspecified atom stereocenters. The van der Waals surface area contributed by atoms with Crippen LogP contribution in [0.4, 0.5) is 0 Å². The zero-order chi connectivity index (χ0) is 23.9. The first kappa shape index (κ1) is 22.5. The van der Waals surface area contributed by atoms with Gasteiger partial charge in [0.15, 0.2) is 11.6 Å². The van der Waals surface area contributed by atoms with Gasteiger partial charge in [-0.05, 0) is 65.7 Å². The second-order valence-electron chi connectivity index (χ2n) is 12.0. The minimum Gasteiger partial charge on any atom is -0.497 e. The fraction of sp³-hybridized carbons (Fsp3) is 0.667. The Morgan fingerprint density at radius 3 is 2.31 bits per heavy atom. The normalized spacial score (nSPS) is 40.7. The van der Waals surface area contributed by atoms with Gasteiger partial charge in [-0.2, -0.15) is 0 Å². The van der Waals surface area contributed by atoms with Crippen LogP contribution in [0.25, 0.3) is 5.57 Å². The minimum absolute atomic E-state index is 0.101. The number of benzene rings is 1. The number of rotatable bonds is 2. The summed E-state index contributed by atoms with van der Waals surface area (Å²) >= 11 is 0. The van der Waals surface area contributed by atoms with Crippen LogP contribution in [0.5, 0.6) is 5.75 Å². The number of fused-ring (bicyclic) bond motifs is 6. The first-order chi connectivity index (χ1) is 16.9. The van der Waals surface area contributed by atoms with Crippen molar-refractivity contribution in [2.24, 2.45) is 28.6 Å². The van der Waals surface area contributed by atoms with Crippen molar-refractivity contribution >= 4 is 5.57 Å². The van der Waals surface area contributed by atoms with Gasteiger partial charge in [-0.15, -0.1) is 0 Å². The molecule has 6 aliphatic rings. The lowest BCUT2D eigenvalue weighted by molar-refractivity contribution is -0.215. The third-order valence-electron chi connectivity index (χ3n) is 10.6. The van der Waals surface area contributed by atoms with E-state index in [1.54, 1.807) is 7.11 Å². The van der Waals surface area contributed by atoms with Crippen LogP contribution in [-0.2, 0) is 18.9 Å². The minimum atomic E-state index is -0.479. The zero-order valence-electron chi connectivity index (χ0n) is 21.3. The molecule has 1 aromatic carbocycles. The topological polar surface area (TPSA) is 46.2 Å². The largest absolute Gasteiger partial charge is 0.497 e. The zero-order valence-corrected chi connectivity index (χ0v) is 21.3. The van der Waals surface area contributed by atoms with Crippen LogP contribution < -0.4 is 4.74 Å². The van der Waals surface area contributed by atoms with Crippen molar-refractivity contribution in [1.82, 2.24) is 0 Å². The smallest absolute Gasteiger partial charge is 0.177 e. The van der Waals surface area contributed by atoms with Crippen LogP contribution in [0.3, 0.4) is 0 Å². The summed E-state index contributed by atoms with van der Waals surface area (Å²) in [5.74, 6) is 1.61. The quantitative estimate of drug-likeness (QED) is 0.507. The Kier molecular flexibility index (Phi) is 4.94. The predicted molar refractivity (Wildman–Crippen MR) is 133 cm³/mol. The molecule has 188 valence electrons. The Balaban J connectivity index is 1.36. The van der Waals surface area contributed by atoms with Gasteiger partial charge in [0.2, 0.25) is 0 Å². The van der Waals surface area contributed by atoms with Gasteiger partial charge >= 0.3 is 0 Å². The third-order valence-corrected chi connectivity index (χ3v) is 10.6. The van der Waals surface area contributed by atoms with E-state index in [-0.39, 0.29) is 10.8 Å². The van der Waals surface area contributed by atoms with E-state index in [4.69, 9.17) is 23.7 Å². The molecule has 2 saturated carbocycles. The Morgan fingerprint density at radius 2 is 1.60 bits per heavy atom. The van der Waals surface area contributed by atoms with E-state index < -0.39 is 11.6 Å². The van der Waals surface area contributed by atoms with Crippen LogP contribution in [0.15, 0.2) is 42.0 Å². The highest BCUT2D eigenvalue weighted by molar-refractivity contribution is 5.72. The van der Waals surface area contributed by atoms with Crippen molar-refractivity contribution in [3.8, 4) is 5.75 Å². The van der Waals surface area contributed by atoms with Crippen LogP contribution in [-0.4, -0.2) is 45.1 Å². The van der Waals surface area contributed by atoms with Crippen molar-refractivity contribution in [3.63, 3.8) is 0 Å². The average Bonchev–Trinajstić information content (AvgIpc) is 3.60. The molecular formula is C30H38O5. The standard InChI is InChI=1S/C30H38O5/c1-27-12-13-29(32-14-15-33-29)18-21(27)6-9-23-25-10-11-30(34-16-17-35-30)28(25,2)19-24(26(23)27)20-4-7-22(31-3)8-5-20/h4-8,19,23,25-26H,9-18H2,1-3H3/t23-,25-,26+,27-,28-/m0/s1. The summed E-state index contributed by atoms with van der Waals surface area (Å²) in [6, 6.07) is 8.70. The first-order valence-electron chi connectivity index (χ1n) is 13.5. The van der Waals surface area contributed by atoms with E-state index in [1.165, 1.54) is 23.1 Å². The van der Waals surface area contributed by atoms with E-state index in [2.05, 4.69) is 50.3 Å². The fourth-order valence-electron chi connectivity index (χ4n) is 8.89. The number of ether oxygens (including phenoxy) is 5. The van der Waals surface area contributed by atoms with Crippen LogP contribution in [0.1, 0.15) is 57.9 Å². The highest BCUT2D eigenvalue weighted by atomic mass is 16.7. The molecule has 2 spiro atoms. The van der Waals surface area contributed by atoms with Crippen LogP contribution in [0.2, 0.25) is 0 Å². The molecule has 5 nitrogen and oxygen atoms in total. The summed E-state index contributed by atoms with van der Waals surface area (Å²) in [5.41, 5.74) is 4.28. The van der Waals surface area contributed by atoms with Gasteiger partial charge in [0.1, 0.15) is 5.75 Å². The van der Waals surface area contributed by atoms with Crippen molar-refractivity contribution in [3.05, 3.63) is 47.6 Å². The lowest BCUT2D eigenvalue weighted by Crippen LogP contribution is -2.54. The maximum absolute atomic E-state index is 6.43. The van der Waals surface area contributed by atoms with Gasteiger partial charge < -0.3 is 23.7 Å². The Labute approximate surface area is 208 Å². The molecule has 2 aliphatic heterocycles. The van der Waals surface area contributed by atoms with Gasteiger partial charge in [0.05, 0.1) is 33.5 Å². The number of hydrogen-bond donors (Lipinski definition) is 0. The monoisotopic (exact) mass is 478 g/mol. The number of methoxy groups -OCH3 is 1. The molecule has 5 atom stereocenters. The predicted octanol–water partition coefficient (Wildman–Crippen LogP) is 5.75. The van der Waals surface area contributed by atoms with Crippen LogP contribution in [0, 0.1) is 28.6 Å². The molecule has 0 bridgehead atoms.